The quantitative estimate of drug-likeness (QED) is 0.129. The number of esters is 2. The van der Waals surface area contributed by atoms with Crippen molar-refractivity contribution in [3.8, 4) is 11.5 Å². The SMILES string of the molecule is COC(=O)c1ccc(CC(=O)NNC(=O)c2ccc(F)cc2F)cc1.COC(=O)c1ccc(Cc2nnc(-c3ccc(F)cc3F)o2)cc1. The summed E-state index contributed by atoms with van der Waals surface area (Å²) in [4.78, 5) is 46.2. The first-order valence-corrected chi connectivity index (χ1v) is 14.1. The van der Waals surface area contributed by atoms with E-state index in [2.05, 4.69) is 25.1 Å². The first-order chi connectivity index (χ1) is 23.5. The summed E-state index contributed by atoms with van der Waals surface area (Å²) >= 11 is 0. The molecule has 11 nitrogen and oxygen atoms in total. The maximum absolute atomic E-state index is 13.7. The van der Waals surface area contributed by atoms with E-state index in [-0.39, 0.29) is 23.8 Å². The van der Waals surface area contributed by atoms with E-state index in [0.717, 1.165) is 29.8 Å². The highest BCUT2D eigenvalue weighted by Gasteiger charge is 2.16. The number of rotatable bonds is 8. The Morgan fingerprint density at radius 2 is 1.22 bits per heavy atom. The van der Waals surface area contributed by atoms with E-state index in [4.69, 9.17) is 4.42 Å². The fourth-order valence-electron chi connectivity index (χ4n) is 4.12. The van der Waals surface area contributed by atoms with Crippen LogP contribution in [0.4, 0.5) is 17.6 Å². The molecule has 0 unspecified atom stereocenters. The Hall–Kier alpha value is -6.38. The summed E-state index contributed by atoms with van der Waals surface area (Å²) in [5.74, 6) is -5.42. The molecule has 1 heterocycles. The number of nitrogens with zero attached hydrogens (tertiary/aromatic N) is 2. The summed E-state index contributed by atoms with van der Waals surface area (Å²) in [6.07, 6.45) is 0.241. The molecule has 4 aromatic carbocycles. The molecule has 0 aliphatic carbocycles. The van der Waals surface area contributed by atoms with Crippen molar-refractivity contribution in [1.82, 2.24) is 21.0 Å². The molecule has 0 aliphatic rings. The molecular formula is C34H26F4N4O7. The first-order valence-electron chi connectivity index (χ1n) is 14.1. The van der Waals surface area contributed by atoms with Gasteiger partial charge >= 0.3 is 11.9 Å². The number of carbonyl (C=O) groups is 4. The molecular weight excluding hydrogens is 652 g/mol. The summed E-state index contributed by atoms with van der Waals surface area (Å²) in [5.41, 5.74) is 6.00. The minimum atomic E-state index is -1.04. The molecule has 0 bridgehead atoms. The van der Waals surface area contributed by atoms with Crippen LogP contribution in [0.25, 0.3) is 11.5 Å². The number of amides is 2. The van der Waals surface area contributed by atoms with Crippen LogP contribution >= 0.6 is 0 Å². The number of carbonyl (C=O) groups excluding carboxylic acids is 4. The third-order valence-electron chi connectivity index (χ3n) is 6.59. The molecule has 0 atom stereocenters. The number of hydrogen-bond acceptors (Lipinski definition) is 9. The Balaban J connectivity index is 0.000000221. The fourth-order valence-corrected chi connectivity index (χ4v) is 4.12. The maximum atomic E-state index is 13.7. The van der Waals surface area contributed by atoms with Gasteiger partial charge < -0.3 is 13.9 Å². The van der Waals surface area contributed by atoms with Crippen LogP contribution in [0.5, 0.6) is 0 Å². The van der Waals surface area contributed by atoms with Gasteiger partial charge in [0, 0.05) is 12.1 Å². The van der Waals surface area contributed by atoms with Gasteiger partial charge in [-0.25, -0.2) is 27.2 Å². The van der Waals surface area contributed by atoms with E-state index >= 15 is 0 Å². The third-order valence-corrected chi connectivity index (χ3v) is 6.59. The third kappa shape index (κ3) is 9.81. The summed E-state index contributed by atoms with van der Waals surface area (Å²) in [6, 6.07) is 18.4. The van der Waals surface area contributed by atoms with Gasteiger partial charge in [0.1, 0.15) is 23.3 Å². The van der Waals surface area contributed by atoms with Crippen LogP contribution in [0.2, 0.25) is 0 Å². The van der Waals surface area contributed by atoms with Crippen molar-refractivity contribution in [2.75, 3.05) is 14.2 Å². The van der Waals surface area contributed by atoms with Crippen LogP contribution in [0, 0.1) is 23.3 Å². The van der Waals surface area contributed by atoms with Crippen molar-refractivity contribution < 1.29 is 50.6 Å². The van der Waals surface area contributed by atoms with Crippen molar-refractivity contribution in [1.29, 1.82) is 0 Å². The van der Waals surface area contributed by atoms with E-state index in [1.807, 2.05) is 5.43 Å². The molecule has 2 N–H and O–H groups in total. The average Bonchev–Trinajstić information content (AvgIpc) is 3.55. The Bertz CT molecular complexity index is 1970. The van der Waals surface area contributed by atoms with E-state index in [1.165, 1.54) is 32.4 Å². The molecule has 49 heavy (non-hydrogen) atoms. The van der Waals surface area contributed by atoms with Gasteiger partial charge in [0.15, 0.2) is 0 Å². The number of hydrazine groups is 1. The van der Waals surface area contributed by atoms with E-state index in [9.17, 15) is 36.7 Å². The minimum Gasteiger partial charge on any atom is -0.465 e. The van der Waals surface area contributed by atoms with Crippen LogP contribution in [-0.2, 0) is 27.1 Å². The standard InChI is InChI=1S/C17H14F2N2O4.C17H12F2N2O3/c1-25-17(24)11-4-2-10(3-5-11)8-15(22)20-21-16(23)13-7-6-12(18)9-14(13)19;1-23-17(22)11-4-2-10(3-5-11)8-15-20-21-16(24-15)13-7-6-12(18)9-14(13)19/h2-7,9H,8H2,1H3,(H,20,22)(H,21,23);2-7,9H,8H2,1H3. The topological polar surface area (TPSA) is 150 Å². The van der Waals surface area contributed by atoms with Crippen molar-refractivity contribution in [3.63, 3.8) is 0 Å². The van der Waals surface area contributed by atoms with Gasteiger partial charge in [-0.15, -0.1) is 10.2 Å². The highest BCUT2D eigenvalue weighted by atomic mass is 19.1. The van der Waals surface area contributed by atoms with E-state index in [1.54, 1.807) is 36.4 Å². The largest absolute Gasteiger partial charge is 0.465 e. The van der Waals surface area contributed by atoms with Gasteiger partial charge in [-0.2, -0.15) is 0 Å². The Morgan fingerprint density at radius 3 is 1.78 bits per heavy atom. The molecule has 2 amide bonds. The second-order valence-corrected chi connectivity index (χ2v) is 9.98. The summed E-state index contributed by atoms with van der Waals surface area (Å²) in [5, 5.41) is 7.64. The number of methoxy groups -OCH3 is 2. The molecule has 0 fully saturated rings. The molecule has 1 aromatic heterocycles. The molecule has 0 aliphatic heterocycles. The predicted molar refractivity (Wildman–Crippen MR) is 164 cm³/mol. The lowest BCUT2D eigenvalue weighted by Crippen LogP contribution is -2.42. The molecule has 0 saturated carbocycles. The van der Waals surface area contributed by atoms with Gasteiger partial charge in [0.2, 0.25) is 11.8 Å². The van der Waals surface area contributed by atoms with Gasteiger partial charge in [-0.3, -0.25) is 20.4 Å². The highest BCUT2D eigenvalue weighted by Crippen LogP contribution is 2.23. The second kappa shape index (κ2) is 16.4. The van der Waals surface area contributed by atoms with Crippen LogP contribution in [-0.4, -0.2) is 48.2 Å². The average molecular weight is 679 g/mol. The van der Waals surface area contributed by atoms with Gasteiger partial charge in [-0.1, -0.05) is 24.3 Å². The van der Waals surface area contributed by atoms with Gasteiger partial charge in [-0.05, 0) is 59.7 Å². The zero-order chi connectivity index (χ0) is 35.5. The number of benzene rings is 4. The number of halogens is 4. The van der Waals surface area contributed by atoms with Crippen LogP contribution < -0.4 is 10.9 Å². The Morgan fingerprint density at radius 1 is 0.673 bits per heavy atom. The van der Waals surface area contributed by atoms with E-state index < -0.39 is 52.6 Å². The van der Waals surface area contributed by atoms with Crippen molar-refractivity contribution in [2.45, 2.75) is 12.8 Å². The Kier molecular flexibility index (Phi) is 11.9. The number of ether oxygens (including phenoxy) is 2. The zero-order valence-corrected chi connectivity index (χ0v) is 25.8. The van der Waals surface area contributed by atoms with Crippen molar-refractivity contribution in [2.24, 2.45) is 0 Å². The lowest BCUT2D eigenvalue weighted by atomic mass is 10.1. The van der Waals surface area contributed by atoms with Gasteiger partial charge in [0.05, 0.1) is 49.3 Å². The van der Waals surface area contributed by atoms with Crippen molar-refractivity contribution >= 4 is 23.8 Å². The fraction of sp³-hybridized carbons (Fsp3) is 0.118. The molecule has 0 spiro atoms. The normalized spacial score (nSPS) is 10.3. The smallest absolute Gasteiger partial charge is 0.337 e. The Labute approximate surface area is 275 Å². The summed E-state index contributed by atoms with van der Waals surface area (Å²) in [6.45, 7) is 0. The molecule has 252 valence electrons. The molecule has 5 aromatic rings. The van der Waals surface area contributed by atoms with Crippen molar-refractivity contribution in [3.05, 3.63) is 142 Å². The van der Waals surface area contributed by atoms with Gasteiger partial charge in [0.25, 0.3) is 11.8 Å². The predicted octanol–water partition coefficient (Wildman–Crippen LogP) is 5.15. The number of hydrogen-bond donors (Lipinski definition) is 2. The number of nitrogens with one attached hydrogen (secondary N) is 2. The van der Waals surface area contributed by atoms with Crippen LogP contribution in [0.15, 0.2) is 89.3 Å². The first kappa shape index (κ1) is 35.5. The summed E-state index contributed by atoms with van der Waals surface area (Å²) < 4.78 is 67.5. The second-order valence-electron chi connectivity index (χ2n) is 9.98. The lowest BCUT2D eigenvalue weighted by Gasteiger charge is -2.08. The number of aromatic nitrogens is 2. The lowest BCUT2D eigenvalue weighted by molar-refractivity contribution is -0.121. The minimum absolute atomic E-state index is 0.0197. The molecule has 0 radical (unpaired) electrons. The van der Waals surface area contributed by atoms with Crippen LogP contribution in [0.3, 0.4) is 0 Å². The monoisotopic (exact) mass is 678 g/mol. The zero-order valence-electron chi connectivity index (χ0n) is 25.8. The molecule has 15 heteroatoms. The van der Waals surface area contributed by atoms with E-state index in [0.29, 0.717) is 29.2 Å². The maximum Gasteiger partial charge on any atom is 0.337 e. The molecule has 0 saturated heterocycles. The highest BCUT2D eigenvalue weighted by molar-refractivity contribution is 5.95. The molecule has 5 rings (SSSR count). The van der Waals surface area contributed by atoms with Crippen LogP contribution in [0.1, 0.15) is 48.1 Å². The summed E-state index contributed by atoms with van der Waals surface area (Å²) in [7, 11) is 2.57.